The van der Waals surface area contributed by atoms with Gasteiger partial charge < -0.3 is 10.2 Å². The summed E-state index contributed by atoms with van der Waals surface area (Å²) in [6.45, 7) is 0. The van der Waals surface area contributed by atoms with Gasteiger partial charge in [0.05, 0.1) is 11.3 Å². The van der Waals surface area contributed by atoms with Gasteiger partial charge in [0, 0.05) is 16.8 Å². The Morgan fingerprint density at radius 3 is 2.86 bits per heavy atom. The van der Waals surface area contributed by atoms with Crippen LogP contribution < -0.4 is 16.9 Å². The van der Waals surface area contributed by atoms with Gasteiger partial charge in [0.15, 0.2) is 4.96 Å². The number of hydrogen-bond donors (Lipinski definition) is 1. The van der Waals surface area contributed by atoms with E-state index >= 15 is 0 Å². The number of aromatic nitrogens is 2. The maximum atomic E-state index is 12.2. The second-order valence-corrected chi connectivity index (χ2v) is 5.58. The lowest BCUT2D eigenvalue weighted by molar-refractivity contribution is 0.563. The van der Waals surface area contributed by atoms with E-state index in [1.54, 1.807) is 23.6 Å². The SMILES string of the molecule is Nc1cc(=O)n2c(-c3cc4ccccc4oc3=O)csc2n1. The van der Waals surface area contributed by atoms with Crippen LogP contribution in [0.2, 0.25) is 0 Å². The lowest BCUT2D eigenvalue weighted by Gasteiger charge is -2.02. The van der Waals surface area contributed by atoms with Crippen LogP contribution in [-0.4, -0.2) is 9.38 Å². The van der Waals surface area contributed by atoms with E-state index in [1.165, 1.54) is 21.8 Å². The van der Waals surface area contributed by atoms with E-state index in [1.807, 2.05) is 12.1 Å². The highest BCUT2D eigenvalue weighted by Crippen LogP contribution is 2.24. The summed E-state index contributed by atoms with van der Waals surface area (Å²) in [5.74, 6) is 0.156. The summed E-state index contributed by atoms with van der Waals surface area (Å²) >= 11 is 1.24. The minimum absolute atomic E-state index is 0.156. The van der Waals surface area contributed by atoms with Crippen molar-refractivity contribution in [2.24, 2.45) is 0 Å². The molecule has 0 aliphatic rings. The molecule has 22 heavy (non-hydrogen) atoms. The molecule has 0 saturated carbocycles. The molecule has 2 N–H and O–H groups in total. The van der Waals surface area contributed by atoms with Crippen molar-refractivity contribution >= 4 is 33.1 Å². The van der Waals surface area contributed by atoms with Crippen LogP contribution in [-0.2, 0) is 0 Å². The first-order valence-electron chi connectivity index (χ1n) is 6.43. The Morgan fingerprint density at radius 2 is 2.00 bits per heavy atom. The monoisotopic (exact) mass is 311 g/mol. The van der Waals surface area contributed by atoms with Gasteiger partial charge in [-0.1, -0.05) is 18.2 Å². The maximum absolute atomic E-state index is 12.2. The van der Waals surface area contributed by atoms with Crippen molar-refractivity contribution in [2.75, 3.05) is 5.73 Å². The van der Waals surface area contributed by atoms with Crippen LogP contribution in [0.5, 0.6) is 0 Å². The molecule has 0 saturated heterocycles. The van der Waals surface area contributed by atoms with E-state index in [0.717, 1.165) is 5.39 Å². The maximum Gasteiger partial charge on any atom is 0.345 e. The van der Waals surface area contributed by atoms with Crippen LogP contribution in [0.25, 0.3) is 27.2 Å². The highest BCUT2D eigenvalue weighted by atomic mass is 32.1. The molecule has 3 heterocycles. The highest BCUT2D eigenvalue weighted by molar-refractivity contribution is 7.15. The number of rotatable bonds is 1. The van der Waals surface area contributed by atoms with E-state index in [4.69, 9.17) is 10.2 Å². The third kappa shape index (κ3) is 1.83. The van der Waals surface area contributed by atoms with Crippen molar-refractivity contribution in [2.45, 2.75) is 0 Å². The number of nitrogens with two attached hydrogens (primary N) is 1. The number of nitrogen functional groups attached to an aromatic ring is 1. The van der Waals surface area contributed by atoms with Crippen LogP contribution in [0.1, 0.15) is 0 Å². The zero-order valence-corrected chi connectivity index (χ0v) is 12.0. The highest BCUT2D eigenvalue weighted by Gasteiger charge is 2.14. The van der Waals surface area contributed by atoms with Crippen molar-refractivity contribution in [1.29, 1.82) is 0 Å². The molecule has 0 atom stereocenters. The number of anilines is 1. The first kappa shape index (κ1) is 12.8. The van der Waals surface area contributed by atoms with Crippen molar-refractivity contribution in [3.63, 3.8) is 0 Å². The summed E-state index contributed by atoms with van der Waals surface area (Å²) in [6.07, 6.45) is 0. The van der Waals surface area contributed by atoms with Gasteiger partial charge in [-0.2, -0.15) is 0 Å². The summed E-state index contributed by atoms with van der Waals surface area (Å²) in [5.41, 5.74) is 6.03. The van der Waals surface area contributed by atoms with Crippen molar-refractivity contribution in [1.82, 2.24) is 9.38 Å². The van der Waals surface area contributed by atoms with Gasteiger partial charge in [-0.25, -0.2) is 9.78 Å². The molecular formula is C15H9N3O3S. The fourth-order valence-corrected chi connectivity index (χ4v) is 3.27. The van der Waals surface area contributed by atoms with Gasteiger partial charge in [-0.15, -0.1) is 11.3 Å². The first-order valence-corrected chi connectivity index (χ1v) is 7.31. The van der Waals surface area contributed by atoms with Gasteiger partial charge in [0.2, 0.25) is 0 Å². The second-order valence-electron chi connectivity index (χ2n) is 4.74. The van der Waals surface area contributed by atoms with E-state index in [-0.39, 0.29) is 11.4 Å². The van der Waals surface area contributed by atoms with Crippen molar-refractivity contribution in [3.8, 4) is 11.3 Å². The average Bonchev–Trinajstić information content (AvgIpc) is 2.90. The average molecular weight is 311 g/mol. The van der Waals surface area contributed by atoms with Gasteiger partial charge in [-0.05, 0) is 12.1 Å². The minimum Gasteiger partial charge on any atom is -0.422 e. The molecule has 6 nitrogen and oxygen atoms in total. The molecule has 1 aromatic carbocycles. The number of hydrogen-bond acceptors (Lipinski definition) is 6. The molecule has 0 fully saturated rings. The third-order valence-electron chi connectivity index (χ3n) is 3.34. The van der Waals surface area contributed by atoms with E-state index in [0.29, 0.717) is 21.8 Å². The van der Waals surface area contributed by atoms with Crippen LogP contribution in [0.3, 0.4) is 0 Å². The van der Waals surface area contributed by atoms with Crippen molar-refractivity contribution < 1.29 is 4.42 Å². The van der Waals surface area contributed by atoms with E-state index < -0.39 is 5.63 Å². The predicted octanol–water partition coefficient (Wildman–Crippen LogP) is 2.11. The minimum atomic E-state index is -0.498. The summed E-state index contributed by atoms with van der Waals surface area (Å²) in [7, 11) is 0. The molecule has 0 radical (unpaired) electrons. The quantitative estimate of drug-likeness (QED) is 0.544. The van der Waals surface area contributed by atoms with Crippen molar-refractivity contribution in [3.05, 3.63) is 62.6 Å². The molecule has 7 heteroatoms. The molecule has 4 rings (SSSR count). The van der Waals surface area contributed by atoms with Crippen LogP contribution >= 0.6 is 11.3 Å². The Bertz CT molecular complexity index is 1140. The second kappa shape index (κ2) is 4.54. The van der Waals surface area contributed by atoms with Gasteiger partial charge >= 0.3 is 5.63 Å². The summed E-state index contributed by atoms with van der Waals surface area (Å²) in [6, 6.07) is 10.2. The number of fused-ring (bicyclic) bond motifs is 2. The lowest BCUT2D eigenvalue weighted by atomic mass is 10.1. The molecule has 108 valence electrons. The van der Waals surface area contributed by atoms with Crippen LogP contribution in [0.15, 0.2) is 55.8 Å². The Labute approximate surface area is 127 Å². The number of thiazole rings is 1. The standard InChI is InChI=1S/C15H9N3O3S/c16-12-6-13(19)18-10(7-22-15(18)17-12)9-5-8-3-1-2-4-11(8)21-14(9)20/h1-7H,16H2. The molecule has 0 spiro atoms. The molecule has 0 aliphatic heterocycles. The Morgan fingerprint density at radius 1 is 1.18 bits per heavy atom. The molecule has 0 amide bonds. The molecule has 0 bridgehead atoms. The molecular weight excluding hydrogens is 302 g/mol. The third-order valence-corrected chi connectivity index (χ3v) is 4.17. The Balaban J connectivity index is 2.09. The van der Waals surface area contributed by atoms with E-state index in [9.17, 15) is 9.59 Å². The molecule has 0 unspecified atom stereocenters. The number of para-hydroxylation sites is 1. The molecule has 4 aromatic rings. The normalized spacial score (nSPS) is 11.3. The van der Waals surface area contributed by atoms with Gasteiger partial charge in [-0.3, -0.25) is 9.20 Å². The van der Waals surface area contributed by atoms with Gasteiger partial charge in [0.1, 0.15) is 11.4 Å². The van der Waals surface area contributed by atoms with Gasteiger partial charge in [0.25, 0.3) is 5.56 Å². The fraction of sp³-hybridized carbons (Fsp3) is 0. The van der Waals surface area contributed by atoms with Crippen LogP contribution in [0.4, 0.5) is 5.82 Å². The Kier molecular flexibility index (Phi) is 2.64. The number of benzene rings is 1. The summed E-state index contributed by atoms with van der Waals surface area (Å²) < 4.78 is 6.68. The smallest absolute Gasteiger partial charge is 0.345 e. The lowest BCUT2D eigenvalue weighted by Crippen LogP contribution is -2.16. The molecule has 3 aromatic heterocycles. The summed E-state index contributed by atoms with van der Waals surface area (Å²) in [5, 5.41) is 2.48. The van der Waals surface area contributed by atoms with Crippen LogP contribution in [0, 0.1) is 0 Å². The first-order chi connectivity index (χ1) is 10.6. The summed E-state index contributed by atoms with van der Waals surface area (Å²) in [4.78, 5) is 28.9. The largest absolute Gasteiger partial charge is 0.422 e. The zero-order chi connectivity index (χ0) is 15.3. The number of nitrogens with zero attached hydrogens (tertiary/aromatic N) is 2. The molecule has 0 aliphatic carbocycles. The topological polar surface area (TPSA) is 90.6 Å². The fourth-order valence-electron chi connectivity index (χ4n) is 2.36. The predicted molar refractivity (Wildman–Crippen MR) is 85.2 cm³/mol. The zero-order valence-electron chi connectivity index (χ0n) is 11.1. The van der Waals surface area contributed by atoms with E-state index in [2.05, 4.69) is 4.98 Å². The Hall–Kier alpha value is -2.93.